The van der Waals surface area contributed by atoms with Crippen LogP contribution in [-0.2, 0) is 0 Å². The first-order chi connectivity index (χ1) is 9.60. The minimum absolute atomic E-state index is 0.0320. The van der Waals surface area contributed by atoms with Crippen LogP contribution in [-0.4, -0.2) is 12.6 Å². The maximum atomic E-state index is 14.1. The summed E-state index contributed by atoms with van der Waals surface area (Å²) in [6.45, 7) is 7.12. The first kappa shape index (κ1) is 15.3. The number of nitrogens with one attached hydrogen (secondary N) is 1. The molecule has 1 N–H and O–H groups in total. The molecule has 1 aromatic carbocycles. The summed E-state index contributed by atoms with van der Waals surface area (Å²) in [6.07, 6.45) is 4.84. The van der Waals surface area contributed by atoms with Crippen LogP contribution in [0.15, 0.2) is 18.2 Å². The first-order valence-corrected chi connectivity index (χ1v) is 7.79. The van der Waals surface area contributed by atoms with Gasteiger partial charge in [0.15, 0.2) is 0 Å². The standard InChI is InChI=1S/C17H26FNO/c1-4-19-13(3)16-10-9-15(11-17(16)18)20-14-7-5-12(2)6-8-14/h9-14,19H,4-8H2,1-3H3. The second-order valence-electron chi connectivity index (χ2n) is 5.96. The van der Waals surface area contributed by atoms with Crippen molar-refractivity contribution in [3.8, 4) is 5.75 Å². The van der Waals surface area contributed by atoms with Gasteiger partial charge in [-0.2, -0.15) is 0 Å². The number of hydrogen-bond acceptors (Lipinski definition) is 2. The Kier molecular flexibility index (Phi) is 5.41. The van der Waals surface area contributed by atoms with Gasteiger partial charge in [-0.1, -0.05) is 19.9 Å². The highest BCUT2D eigenvalue weighted by Gasteiger charge is 2.20. The fraction of sp³-hybridized carbons (Fsp3) is 0.647. The van der Waals surface area contributed by atoms with Crippen LogP contribution >= 0.6 is 0 Å². The molecule has 0 aromatic heterocycles. The molecule has 0 saturated heterocycles. The molecule has 20 heavy (non-hydrogen) atoms. The van der Waals surface area contributed by atoms with E-state index in [1.807, 2.05) is 26.0 Å². The Hall–Kier alpha value is -1.09. The third-order valence-corrected chi connectivity index (χ3v) is 4.21. The molecule has 2 rings (SSSR count). The lowest BCUT2D eigenvalue weighted by molar-refractivity contribution is 0.135. The zero-order valence-corrected chi connectivity index (χ0v) is 12.8. The zero-order valence-electron chi connectivity index (χ0n) is 12.8. The molecule has 0 bridgehead atoms. The highest BCUT2D eigenvalue weighted by atomic mass is 19.1. The maximum Gasteiger partial charge on any atom is 0.131 e. The van der Waals surface area contributed by atoms with E-state index in [0.717, 1.165) is 25.3 Å². The van der Waals surface area contributed by atoms with Crippen molar-refractivity contribution >= 4 is 0 Å². The predicted octanol–water partition coefficient (Wildman–Crippen LogP) is 4.45. The summed E-state index contributed by atoms with van der Waals surface area (Å²) in [5, 5.41) is 3.23. The quantitative estimate of drug-likeness (QED) is 0.859. The lowest BCUT2D eigenvalue weighted by Gasteiger charge is -2.27. The Bertz CT molecular complexity index is 427. The summed E-state index contributed by atoms with van der Waals surface area (Å²) < 4.78 is 20.0. The lowest BCUT2D eigenvalue weighted by Crippen LogP contribution is -2.23. The van der Waals surface area contributed by atoms with Crippen LogP contribution < -0.4 is 10.1 Å². The normalized spacial score (nSPS) is 24.4. The molecule has 0 aliphatic heterocycles. The molecule has 0 heterocycles. The van der Waals surface area contributed by atoms with Crippen LogP contribution in [0.2, 0.25) is 0 Å². The predicted molar refractivity (Wildman–Crippen MR) is 80.5 cm³/mol. The number of halogens is 1. The van der Waals surface area contributed by atoms with Gasteiger partial charge in [-0.15, -0.1) is 0 Å². The van der Waals surface area contributed by atoms with Crippen molar-refractivity contribution in [1.29, 1.82) is 0 Å². The molecule has 1 aliphatic rings. The molecular formula is C17H26FNO. The van der Waals surface area contributed by atoms with Gasteiger partial charge in [-0.3, -0.25) is 0 Å². The molecule has 112 valence electrons. The van der Waals surface area contributed by atoms with E-state index in [4.69, 9.17) is 4.74 Å². The van der Waals surface area contributed by atoms with Gasteiger partial charge >= 0.3 is 0 Å². The van der Waals surface area contributed by atoms with Gasteiger partial charge in [0.2, 0.25) is 0 Å². The molecule has 1 fully saturated rings. The highest BCUT2D eigenvalue weighted by molar-refractivity contribution is 5.30. The van der Waals surface area contributed by atoms with Crippen molar-refractivity contribution in [2.24, 2.45) is 5.92 Å². The highest BCUT2D eigenvalue weighted by Crippen LogP contribution is 2.28. The van der Waals surface area contributed by atoms with Crippen molar-refractivity contribution in [2.75, 3.05) is 6.54 Å². The smallest absolute Gasteiger partial charge is 0.131 e. The van der Waals surface area contributed by atoms with Crippen molar-refractivity contribution < 1.29 is 9.13 Å². The third kappa shape index (κ3) is 3.95. The van der Waals surface area contributed by atoms with Crippen molar-refractivity contribution in [3.05, 3.63) is 29.6 Å². The van der Waals surface area contributed by atoms with Gasteiger partial charge in [0.1, 0.15) is 11.6 Å². The molecule has 0 amide bonds. The van der Waals surface area contributed by atoms with Crippen LogP contribution in [0.25, 0.3) is 0 Å². The first-order valence-electron chi connectivity index (χ1n) is 7.79. The van der Waals surface area contributed by atoms with Crippen molar-refractivity contribution in [1.82, 2.24) is 5.32 Å². The Balaban J connectivity index is 1.98. The lowest BCUT2D eigenvalue weighted by atomic mass is 9.89. The minimum Gasteiger partial charge on any atom is -0.490 e. The topological polar surface area (TPSA) is 21.3 Å². The van der Waals surface area contributed by atoms with Gasteiger partial charge in [0.05, 0.1) is 6.10 Å². The second kappa shape index (κ2) is 7.07. The fourth-order valence-corrected chi connectivity index (χ4v) is 2.89. The van der Waals surface area contributed by atoms with Crippen LogP contribution in [0.1, 0.15) is 58.1 Å². The Morgan fingerprint density at radius 2 is 2.00 bits per heavy atom. The monoisotopic (exact) mass is 279 g/mol. The van der Waals surface area contributed by atoms with Crippen molar-refractivity contribution in [3.63, 3.8) is 0 Å². The molecule has 0 spiro atoms. The van der Waals surface area contributed by atoms with E-state index in [-0.39, 0.29) is 18.0 Å². The summed E-state index contributed by atoms with van der Waals surface area (Å²) >= 11 is 0. The number of rotatable bonds is 5. The molecular weight excluding hydrogens is 253 g/mol. The van der Waals surface area contributed by atoms with Gasteiger partial charge in [-0.25, -0.2) is 4.39 Å². The molecule has 2 nitrogen and oxygen atoms in total. The van der Waals surface area contributed by atoms with E-state index in [1.54, 1.807) is 0 Å². The van der Waals surface area contributed by atoms with Crippen LogP contribution in [0.3, 0.4) is 0 Å². The summed E-state index contributed by atoms with van der Waals surface area (Å²) in [4.78, 5) is 0. The Labute approximate surface area is 121 Å². The molecule has 1 aromatic rings. The van der Waals surface area contributed by atoms with Crippen LogP contribution in [0.4, 0.5) is 4.39 Å². The number of hydrogen-bond donors (Lipinski definition) is 1. The van der Waals surface area contributed by atoms with Gasteiger partial charge in [0, 0.05) is 17.7 Å². The summed E-state index contributed by atoms with van der Waals surface area (Å²) in [5.74, 6) is 1.28. The summed E-state index contributed by atoms with van der Waals surface area (Å²) in [5.41, 5.74) is 0.705. The molecule has 1 unspecified atom stereocenters. The zero-order chi connectivity index (χ0) is 14.5. The largest absolute Gasteiger partial charge is 0.490 e. The molecule has 3 heteroatoms. The van der Waals surface area contributed by atoms with E-state index in [1.165, 1.54) is 18.9 Å². The van der Waals surface area contributed by atoms with Gasteiger partial charge < -0.3 is 10.1 Å². The number of benzene rings is 1. The van der Waals surface area contributed by atoms with E-state index in [9.17, 15) is 4.39 Å². The SMILES string of the molecule is CCNC(C)c1ccc(OC2CCC(C)CC2)cc1F. The van der Waals surface area contributed by atoms with Crippen LogP contribution in [0, 0.1) is 11.7 Å². The average Bonchev–Trinajstić information content (AvgIpc) is 2.42. The third-order valence-electron chi connectivity index (χ3n) is 4.21. The molecule has 0 radical (unpaired) electrons. The second-order valence-corrected chi connectivity index (χ2v) is 5.96. The van der Waals surface area contributed by atoms with Crippen molar-refractivity contribution in [2.45, 2.75) is 58.6 Å². The number of ether oxygens (including phenoxy) is 1. The summed E-state index contributed by atoms with van der Waals surface area (Å²) in [7, 11) is 0. The summed E-state index contributed by atoms with van der Waals surface area (Å²) in [6, 6.07) is 5.29. The molecule has 1 aliphatic carbocycles. The fourth-order valence-electron chi connectivity index (χ4n) is 2.89. The Morgan fingerprint density at radius 3 is 2.60 bits per heavy atom. The van der Waals surface area contributed by atoms with E-state index < -0.39 is 0 Å². The van der Waals surface area contributed by atoms with Gasteiger partial charge in [-0.05, 0) is 51.1 Å². The van der Waals surface area contributed by atoms with E-state index >= 15 is 0 Å². The Morgan fingerprint density at radius 1 is 1.30 bits per heavy atom. The maximum absolute atomic E-state index is 14.1. The molecule has 1 saturated carbocycles. The van der Waals surface area contributed by atoms with E-state index in [0.29, 0.717) is 11.3 Å². The molecule has 1 atom stereocenters. The average molecular weight is 279 g/mol. The van der Waals surface area contributed by atoms with Gasteiger partial charge in [0.25, 0.3) is 0 Å². The van der Waals surface area contributed by atoms with E-state index in [2.05, 4.69) is 12.2 Å². The minimum atomic E-state index is -0.180. The van der Waals surface area contributed by atoms with Crippen LogP contribution in [0.5, 0.6) is 5.75 Å².